The van der Waals surface area contributed by atoms with Crippen molar-refractivity contribution in [2.24, 2.45) is 5.10 Å². The van der Waals surface area contributed by atoms with E-state index in [-0.39, 0.29) is 11.5 Å². The van der Waals surface area contributed by atoms with Gasteiger partial charge < -0.3 is 4.57 Å². The maximum absolute atomic E-state index is 13.1. The molecule has 0 saturated heterocycles. The van der Waals surface area contributed by atoms with E-state index < -0.39 is 0 Å². The average molecular weight is 449 g/mol. The molecule has 0 bridgehead atoms. The van der Waals surface area contributed by atoms with Crippen LogP contribution in [0.25, 0.3) is 16.6 Å². The SMILES string of the molecule is Cc1ccc(-n2cccc2C=Nn2c(C(C)C)nc3ccc(Br)cc3c2=O)cc1. The van der Waals surface area contributed by atoms with Gasteiger partial charge in [-0.05, 0) is 49.4 Å². The number of hydrogen-bond acceptors (Lipinski definition) is 3. The van der Waals surface area contributed by atoms with Crippen LogP contribution in [0, 0.1) is 6.92 Å². The minimum Gasteiger partial charge on any atom is -0.316 e. The first kappa shape index (κ1) is 19.3. The highest BCUT2D eigenvalue weighted by molar-refractivity contribution is 9.10. The van der Waals surface area contributed by atoms with Crippen molar-refractivity contribution in [3.8, 4) is 5.69 Å². The first-order chi connectivity index (χ1) is 13.9. The van der Waals surface area contributed by atoms with Crippen molar-refractivity contribution in [2.75, 3.05) is 0 Å². The van der Waals surface area contributed by atoms with Crippen molar-refractivity contribution in [1.82, 2.24) is 14.2 Å². The fourth-order valence-electron chi connectivity index (χ4n) is 3.21. The van der Waals surface area contributed by atoms with Crippen LogP contribution in [-0.4, -0.2) is 20.4 Å². The summed E-state index contributed by atoms with van der Waals surface area (Å²) in [6.07, 6.45) is 3.69. The van der Waals surface area contributed by atoms with Gasteiger partial charge in [0.2, 0.25) is 0 Å². The second kappa shape index (κ2) is 7.79. The Bertz CT molecular complexity index is 1270. The van der Waals surface area contributed by atoms with Crippen LogP contribution in [0.1, 0.15) is 36.8 Å². The van der Waals surface area contributed by atoms with Crippen LogP contribution in [-0.2, 0) is 0 Å². The summed E-state index contributed by atoms with van der Waals surface area (Å²) in [4.78, 5) is 17.8. The van der Waals surface area contributed by atoms with Gasteiger partial charge in [0.15, 0.2) is 0 Å². The molecule has 0 aliphatic rings. The molecular weight excluding hydrogens is 428 g/mol. The molecule has 2 aromatic heterocycles. The Morgan fingerprint density at radius 1 is 1.10 bits per heavy atom. The van der Waals surface area contributed by atoms with Gasteiger partial charge >= 0.3 is 0 Å². The lowest BCUT2D eigenvalue weighted by Gasteiger charge is -2.12. The second-order valence-corrected chi connectivity index (χ2v) is 8.20. The number of nitrogens with zero attached hydrogens (tertiary/aromatic N) is 4. The molecule has 0 amide bonds. The number of halogens is 1. The summed E-state index contributed by atoms with van der Waals surface area (Å²) in [5.74, 6) is 0.686. The van der Waals surface area contributed by atoms with Crippen molar-refractivity contribution in [3.05, 3.63) is 92.7 Å². The summed E-state index contributed by atoms with van der Waals surface area (Å²) >= 11 is 3.43. The zero-order chi connectivity index (χ0) is 20.5. The molecule has 5 nitrogen and oxygen atoms in total. The fraction of sp³-hybridized carbons (Fsp3) is 0.174. The summed E-state index contributed by atoms with van der Waals surface area (Å²) < 4.78 is 4.28. The minimum atomic E-state index is -0.176. The number of hydrogen-bond donors (Lipinski definition) is 0. The van der Waals surface area contributed by atoms with Gasteiger partial charge in [0.05, 0.1) is 22.8 Å². The molecule has 0 aliphatic carbocycles. The van der Waals surface area contributed by atoms with Crippen molar-refractivity contribution in [2.45, 2.75) is 26.7 Å². The third-order valence-corrected chi connectivity index (χ3v) is 5.24. The van der Waals surface area contributed by atoms with Gasteiger partial charge in [-0.1, -0.05) is 47.5 Å². The first-order valence-corrected chi connectivity index (χ1v) is 10.2. The molecule has 4 aromatic rings. The third kappa shape index (κ3) is 3.80. The Kier molecular flexibility index (Phi) is 5.20. The topological polar surface area (TPSA) is 52.2 Å². The van der Waals surface area contributed by atoms with E-state index in [0.717, 1.165) is 15.9 Å². The molecule has 4 rings (SSSR count). The molecule has 146 valence electrons. The second-order valence-electron chi connectivity index (χ2n) is 7.29. The van der Waals surface area contributed by atoms with Crippen LogP contribution in [0.5, 0.6) is 0 Å². The predicted octanol–water partition coefficient (Wildman–Crippen LogP) is 5.26. The predicted molar refractivity (Wildman–Crippen MR) is 121 cm³/mol. The van der Waals surface area contributed by atoms with Gasteiger partial charge in [-0.25, -0.2) is 4.98 Å². The Hall–Kier alpha value is -2.99. The van der Waals surface area contributed by atoms with Crippen LogP contribution in [0.2, 0.25) is 0 Å². The molecule has 0 radical (unpaired) electrons. The lowest BCUT2D eigenvalue weighted by Crippen LogP contribution is -2.23. The number of fused-ring (bicyclic) bond motifs is 1. The molecule has 0 N–H and O–H groups in total. The van der Waals surface area contributed by atoms with Crippen LogP contribution in [0.4, 0.5) is 0 Å². The van der Waals surface area contributed by atoms with Crippen molar-refractivity contribution in [1.29, 1.82) is 0 Å². The van der Waals surface area contributed by atoms with E-state index in [1.807, 2.05) is 48.9 Å². The maximum Gasteiger partial charge on any atom is 0.282 e. The third-order valence-electron chi connectivity index (χ3n) is 4.75. The normalized spacial score (nSPS) is 11.8. The van der Waals surface area contributed by atoms with Crippen LogP contribution >= 0.6 is 15.9 Å². The maximum atomic E-state index is 13.1. The summed E-state index contributed by atoms with van der Waals surface area (Å²) in [6, 6.07) is 17.7. The largest absolute Gasteiger partial charge is 0.316 e. The quantitative estimate of drug-likeness (QED) is 0.399. The molecule has 0 atom stereocenters. The highest BCUT2D eigenvalue weighted by Crippen LogP contribution is 2.19. The molecule has 0 unspecified atom stereocenters. The van der Waals surface area contributed by atoms with Crippen molar-refractivity contribution in [3.63, 3.8) is 0 Å². The van der Waals surface area contributed by atoms with E-state index in [9.17, 15) is 4.79 Å². The number of rotatable bonds is 4. The molecule has 2 aromatic carbocycles. The average Bonchev–Trinajstić information content (AvgIpc) is 3.16. The highest BCUT2D eigenvalue weighted by atomic mass is 79.9. The number of benzene rings is 2. The molecule has 29 heavy (non-hydrogen) atoms. The Labute approximate surface area is 177 Å². The summed E-state index contributed by atoms with van der Waals surface area (Å²) in [5, 5.41) is 5.07. The van der Waals surface area contributed by atoms with Gasteiger partial charge in [0.25, 0.3) is 5.56 Å². The Morgan fingerprint density at radius 2 is 1.86 bits per heavy atom. The zero-order valence-corrected chi connectivity index (χ0v) is 18.1. The number of aryl methyl sites for hydroxylation is 1. The van der Waals surface area contributed by atoms with Crippen LogP contribution in [0.3, 0.4) is 0 Å². The van der Waals surface area contributed by atoms with Gasteiger partial charge in [0, 0.05) is 22.3 Å². The fourth-order valence-corrected chi connectivity index (χ4v) is 3.57. The van der Waals surface area contributed by atoms with Gasteiger partial charge in [-0.15, -0.1) is 0 Å². The van der Waals surface area contributed by atoms with E-state index >= 15 is 0 Å². The summed E-state index contributed by atoms with van der Waals surface area (Å²) in [5.41, 5.74) is 3.63. The lowest BCUT2D eigenvalue weighted by molar-refractivity contribution is 0.665. The highest BCUT2D eigenvalue weighted by Gasteiger charge is 2.14. The minimum absolute atomic E-state index is 0.0526. The zero-order valence-electron chi connectivity index (χ0n) is 16.5. The molecular formula is C23H21BrN4O. The van der Waals surface area contributed by atoms with Gasteiger partial charge in [-0.3, -0.25) is 4.79 Å². The Morgan fingerprint density at radius 3 is 2.59 bits per heavy atom. The molecule has 0 saturated carbocycles. The first-order valence-electron chi connectivity index (χ1n) is 9.45. The van der Waals surface area contributed by atoms with Crippen molar-refractivity contribution < 1.29 is 0 Å². The van der Waals surface area contributed by atoms with Crippen molar-refractivity contribution >= 4 is 33.0 Å². The standard InChI is InChI=1S/C23H21BrN4O/c1-15(2)22-26-21-11-8-17(24)13-20(21)23(29)28(22)25-14-19-5-4-12-27(19)18-9-6-16(3)7-10-18/h4-15H,1-3H3. The summed E-state index contributed by atoms with van der Waals surface area (Å²) in [6.45, 7) is 6.08. The van der Waals surface area contributed by atoms with Crippen LogP contribution in [0.15, 0.2) is 75.2 Å². The molecule has 6 heteroatoms. The molecule has 0 aliphatic heterocycles. The summed E-state index contributed by atoms with van der Waals surface area (Å²) in [7, 11) is 0. The van der Waals surface area contributed by atoms with Gasteiger partial charge in [-0.2, -0.15) is 9.78 Å². The smallest absolute Gasteiger partial charge is 0.282 e. The number of aromatic nitrogens is 3. The van der Waals surface area contributed by atoms with Crippen LogP contribution < -0.4 is 5.56 Å². The van der Waals surface area contributed by atoms with E-state index in [2.05, 4.69) is 57.2 Å². The lowest BCUT2D eigenvalue weighted by atomic mass is 10.2. The Balaban J connectivity index is 1.83. The van der Waals surface area contributed by atoms with E-state index in [4.69, 9.17) is 0 Å². The molecule has 0 spiro atoms. The van der Waals surface area contributed by atoms with E-state index in [1.165, 1.54) is 10.2 Å². The van der Waals surface area contributed by atoms with E-state index in [0.29, 0.717) is 16.7 Å². The monoisotopic (exact) mass is 448 g/mol. The molecule has 2 heterocycles. The molecule has 0 fully saturated rings. The van der Waals surface area contributed by atoms with Gasteiger partial charge in [0.1, 0.15) is 5.82 Å². The van der Waals surface area contributed by atoms with E-state index in [1.54, 1.807) is 12.3 Å².